The lowest BCUT2D eigenvalue weighted by Crippen LogP contribution is -2.18. The minimum Gasteiger partial charge on any atom is -0.504 e. The van der Waals surface area contributed by atoms with E-state index in [1.54, 1.807) is 0 Å². The van der Waals surface area contributed by atoms with Gasteiger partial charge in [0.25, 0.3) is 0 Å². The van der Waals surface area contributed by atoms with Crippen LogP contribution in [0.3, 0.4) is 0 Å². The van der Waals surface area contributed by atoms with E-state index in [1.807, 2.05) is 0 Å². The van der Waals surface area contributed by atoms with E-state index in [0.29, 0.717) is 17.3 Å². The standard InChI is InChI=1S/C10H13BrO4/c11-4-3-8(13)10(15)6-1-2-7(12)9(14)5-6/h1-2,5,8,10,12-15H,3-4H2. The van der Waals surface area contributed by atoms with E-state index in [9.17, 15) is 15.3 Å². The van der Waals surface area contributed by atoms with Gasteiger partial charge >= 0.3 is 0 Å². The van der Waals surface area contributed by atoms with Gasteiger partial charge in [0, 0.05) is 5.33 Å². The van der Waals surface area contributed by atoms with E-state index in [4.69, 9.17) is 5.11 Å². The van der Waals surface area contributed by atoms with Crippen LogP contribution in [0.4, 0.5) is 0 Å². The molecule has 0 aliphatic rings. The Hall–Kier alpha value is -0.780. The van der Waals surface area contributed by atoms with Gasteiger partial charge in [-0.2, -0.15) is 0 Å². The minimum atomic E-state index is -1.06. The van der Waals surface area contributed by atoms with Crippen LogP contribution >= 0.6 is 15.9 Å². The number of aliphatic hydroxyl groups is 2. The first-order valence-corrected chi connectivity index (χ1v) is 5.62. The Balaban J connectivity index is 2.81. The van der Waals surface area contributed by atoms with E-state index < -0.39 is 12.2 Å². The van der Waals surface area contributed by atoms with Gasteiger partial charge in [-0.1, -0.05) is 22.0 Å². The number of alkyl halides is 1. The van der Waals surface area contributed by atoms with Gasteiger partial charge in [0.2, 0.25) is 0 Å². The molecule has 0 heterocycles. The van der Waals surface area contributed by atoms with Crippen molar-refractivity contribution in [3.63, 3.8) is 0 Å². The lowest BCUT2D eigenvalue weighted by atomic mass is 10.0. The average molecular weight is 277 g/mol. The van der Waals surface area contributed by atoms with Gasteiger partial charge in [-0.15, -0.1) is 0 Å². The van der Waals surface area contributed by atoms with E-state index in [1.165, 1.54) is 18.2 Å². The molecule has 0 aliphatic carbocycles. The molecule has 0 aromatic heterocycles. The summed E-state index contributed by atoms with van der Waals surface area (Å²) in [5.74, 6) is -0.557. The molecule has 5 heteroatoms. The van der Waals surface area contributed by atoms with Crippen molar-refractivity contribution in [1.82, 2.24) is 0 Å². The highest BCUT2D eigenvalue weighted by molar-refractivity contribution is 9.09. The maximum absolute atomic E-state index is 9.67. The van der Waals surface area contributed by atoms with Crippen molar-refractivity contribution in [1.29, 1.82) is 0 Å². The Labute approximate surface area is 95.9 Å². The molecule has 0 fully saturated rings. The second-order valence-electron chi connectivity index (χ2n) is 3.24. The van der Waals surface area contributed by atoms with Gasteiger partial charge in [-0.3, -0.25) is 0 Å². The van der Waals surface area contributed by atoms with Gasteiger partial charge in [-0.25, -0.2) is 0 Å². The second kappa shape index (κ2) is 5.34. The summed E-state index contributed by atoms with van der Waals surface area (Å²) in [7, 11) is 0. The first-order valence-electron chi connectivity index (χ1n) is 4.50. The summed E-state index contributed by atoms with van der Waals surface area (Å²) in [5, 5.41) is 38.0. The van der Waals surface area contributed by atoms with E-state index in [-0.39, 0.29) is 11.5 Å². The number of hydrogen-bond donors (Lipinski definition) is 4. The summed E-state index contributed by atoms with van der Waals surface area (Å²) in [4.78, 5) is 0. The Morgan fingerprint density at radius 3 is 2.33 bits per heavy atom. The summed E-state index contributed by atoms with van der Waals surface area (Å²) in [5.41, 5.74) is 0.374. The van der Waals surface area contributed by atoms with Crippen molar-refractivity contribution in [3.8, 4) is 11.5 Å². The summed E-state index contributed by atoms with van der Waals surface area (Å²) in [6.45, 7) is 0. The fourth-order valence-corrected chi connectivity index (χ4v) is 1.69. The highest BCUT2D eigenvalue weighted by Crippen LogP contribution is 2.29. The SMILES string of the molecule is Oc1ccc(C(O)C(O)CCBr)cc1O. The predicted molar refractivity (Wildman–Crippen MR) is 59.1 cm³/mol. The largest absolute Gasteiger partial charge is 0.504 e. The molecule has 0 bridgehead atoms. The predicted octanol–water partition coefficient (Wildman–Crippen LogP) is 1.28. The molecule has 0 amide bonds. The number of benzene rings is 1. The van der Waals surface area contributed by atoms with Crippen LogP contribution in [0, 0.1) is 0 Å². The van der Waals surface area contributed by atoms with Crippen molar-refractivity contribution in [2.75, 3.05) is 5.33 Å². The van der Waals surface area contributed by atoms with Crippen LogP contribution in [0.25, 0.3) is 0 Å². The number of aliphatic hydroxyl groups excluding tert-OH is 2. The lowest BCUT2D eigenvalue weighted by molar-refractivity contribution is 0.0172. The molecule has 2 atom stereocenters. The van der Waals surface area contributed by atoms with Crippen molar-refractivity contribution in [2.45, 2.75) is 18.6 Å². The monoisotopic (exact) mass is 276 g/mol. The fraction of sp³-hybridized carbons (Fsp3) is 0.400. The molecule has 1 rings (SSSR count). The van der Waals surface area contributed by atoms with Gasteiger partial charge < -0.3 is 20.4 Å². The highest BCUT2D eigenvalue weighted by atomic mass is 79.9. The third-order valence-corrected chi connectivity index (χ3v) is 2.57. The Kier molecular flexibility index (Phi) is 4.38. The summed E-state index contributed by atoms with van der Waals surface area (Å²) in [6, 6.07) is 3.96. The molecule has 0 saturated carbocycles. The van der Waals surface area contributed by atoms with Crippen molar-refractivity contribution >= 4 is 15.9 Å². The Morgan fingerprint density at radius 2 is 1.80 bits per heavy atom. The van der Waals surface area contributed by atoms with Crippen LogP contribution in [0.5, 0.6) is 11.5 Å². The van der Waals surface area contributed by atoms with Crippen LogP contribution in [0.2, 0.25) is 0 Å². The van der Waals surface area contributed by atoms with Crippen LogP contribution < -0.4 is 0 Å². The summed E-state index contributed by atoms with van der Waals surface area (Å²) in [6.07, 6.45) is -1.55. The highest BCUT2D eigenvalue weighted by Gasteiger charge is 2.18. The zero-order valence-corrected chi connectivity index (χ0v) is 9.55. The molecule has 1 aromatic rings. The molecule has 4 N–H and O–H groups in total. The smallest absolute Gasteiger partial charge is 0.157 e. The van der Waals surface area contributed by atoms with Crippen molar-refractivity contribution < 1.29 is 20.4 Å². The molecule has 2 unspecified atom stereocenters. The third-order valence-electron chi connectivity index (χ3n) is 2.11. The molecular formula is C10H13BrO4. The van der Waals surface area contributed by atoms with E-state index in [2.05, 4.69) is 15.9 Å². The molecule has 4 nitrogen and oxygen atoms in total. The molecular weight excluding hydrogens is 264 g/mol. The normalized spacial score (nSPS) is 14.9. The Bertz CT molecular complexity index is 329. The summed E-state index contributed by atoms with van der Waals surface area (Å²) >= 11 is 3.16. The molecule has 0 spiro atoms. The number of phenols is 2. The molecule has 15 heavy (non-hydrogen) atoms. The number of rotatable bonds is 4. The molecule has 0 aliphatic heterocycles. The maximum atomic E-state index is 9.67. The van der Waals surface area contributed by atoms with Gasteiger partial charge in [0.1, 0.15) is 6.10 Å². The first-order chi connectivity index (χ1) is 7.06. The number of hydrogen-bond acceptors (Lipinski definition) is 4. The second-order valence-corrected chi connectivity index (χ2v) is 4.03. The minimum absolute atomic E-state index is 0.249. The average Bonchev–Trinajstić information content (AvgIpc) is 2.21. The first kappa shape index (κ1) is 12.3. The zero-order chi connectivity index (χ0) is 11.4. The zero-order valence-electron chi connectivity index (χ0n) is 7.97. The summed E-state index contributed by atoms with van der Waals surface area (Å²) < 4.78 is 0. The van der Waals surface area contributed by atoms with Crippen LogP contribution in [-0.4, -0.2) is 31.9 Å². The van der Waals surface area contributed by atoms with Crippen LogP contribution in [-0.2, 0) is 0 Å². The number of aromatic hydroxyl groups is 2. The van der Waals surface area contributed by atoms with Gasteiger partial charge in [0.05, 0.1) is 6.10 Å². The van der Waals surface area contributed by atoms with E-state index >= 15 is 0 Å². The maximum Gasteiger partial charge on any atom is 0.157 e. The fourth-order valence-electron chi connectivity index (χ4n) is 1.22. The van der Waals surface area contributed by atoms with Gasteiger partial charge in [-0.05, 0) is 24.1 Å². The number of phenolic OH excluding ortho intramolecular Hbond substituents is 2. The lowest BCUT2D eigenvalue weighted by Gasteiger charge is -2.17. The van der Waals surface area contributed by atoms with Crippen molar-refractivity contribution in [3.05, 3.63) is 23.8 Å². The van der Waals surface area contributed by atoms with E-state index in [0.717, 1.165) is 0 Å². The van der Waals surface area contributed by atoms with Gasteiger partial charge in [0.15, 0.2) is 11.5 Å². The van der Waals surface area contributed by atoms with Crippen molar-refractivity contribution in [2.24, 2.45) is 0 Å². The van der Waals surface area contributed by atoms with Crippen LogP contribution in [0.1, 0.15) is 18.1 Å². The molecule has 0 radical (unpaired) electrons. The van der Waals surface area contributed by atoms with Crippen LogP contribution in [0.15, 0.2) is 18.2 Å². The number of halogens is 1. The third kappa shape index (κ3) is 3.09. The Morgan fingerprint density at radius 1 is 1.13 bits per heavy atom. The molecule has 84 valence electrons. The topological polar surface area (TPSA) is 80.9 Å². The quantitative estimate of drug-likeness (QED) is 0.493. The molecule has 1 aromatic carbocycles. The molecule has 0 saturated heterocycles.